The van der Waals surface area contributed by atoms with E-state index < -0.39 is 0 Å². The Bertz CT molecular complexity index is 811. The van der Waals surface area contributed by atoms with Gasteiger partial charge >= 0.3 is 0 Å². The number of methoxy groups -OCH3 is 1. The van der Waals surface area contributed by atoms with Crippen LogP contribution in [0.5, 0.6) is 5.75 Å². The largest absolute Gasteiger partial charge is 0.497 e. The van der Waals surface area contributed by atoms with Gasteiger partial charge in [-0.2, -0.15) is 0 Å². The highest BCUT2D eigenvalue weighted by molar-refractivity contribution is 6.02. The number of furan rings is 1. The summed E-state index contributed by atoms with van der Waals surface area (Å²) in [4.78, 5) is 11.9. The maximum absolute atomic E-state index is 11.9. The molecule has 2 N–H and O–H groups in total. The van der Waals surface area contributed by atoms with Crippen LogP contribution in [0.15, 0.2) is 71.3 Å². The molecule has 0 spiro atoms. The molecule has 5 nitrogen and oxygen atoms in total. The van der Waals surface area contributed by atoms with E-state index in [0.29, 0.717) is 5.76 Å². The van der Waals surface area contributed by atoms with Crippen LogP contribution in [0.4, 0.5) is 11.4 Å². The summed E-state index contributed by atoms with van der Waals surface area (Å²) < 4.78 is 10.3. The predicted molar refractivity (Wildman–Crippen MR) is 98.3 cm³/mol. The lowest BCUT2D eigenvalue weighted by atomic mass is 10.1. The second-order valence-electron chi connectivity index (χ2n) is 5.54. The van der Waals surface area contributed by atoms with E-state index in [9.17, 15) is 4.79 Å². The standard InChI is InChI=1S/C20H20N2O3/c1-24-18-5-2-4-15(14-18)11-12-21-16-7-9-17(10-8-16)22-20(23)19-6-3-13-25-19/h2-10,13-14,21H,11-12H2,1H3,(H,22,23). The lowest BCUT2D eigenvalue weighted by molar-refractivity contribution is 0.0996. The van der Waals surface area contributed by atoms with E-state index in [-0.39, 0.29) is 5.91 Å². The minimum absolute atomic E-state index is 0.260. The Morgan fingerprint density at radius 2 is 1.84 bits per heavy atom. The molecule has 3 rings (SSSR count). The van der Waals surface area contributed by atoms with Crippen molar-refractivity contribution >= 4 is 17.3 Å². The molecule has 0 aliphatic carbocycles. The fraction of sp³-hybridized carbons (Fsp3) is 0.150. The summed E-state index contributed by atoms with van der Waals surface area (Å²) in [5.41, 5.74) is 2.94. The lowest BCUT2D eigenvalue weighted by Crippen LogP contribution is -2.11. The third-order valence-corrected chi connectivity index (χ3v) is 3.76. The van der Waals surface area contributed by atoms with Crippen LogP contribution in [0, 0.1) is 0 Å². The molecule has 3 aromatic rings. The summed E-state index contributed by atoms with van der Waals surface area (Å²) in [6.07, 6.45) is 2.37. The van der Waals surface area contributed by atoms with E-state index in [0.717, 1.165) is 30.1 Å². The SMILES string of the molecule is COc1cccc(CCNc2ccc(NC(=O)c3ccco3)cc2)c1. The van der Waals surface area contributed by atoms with Crippen molar-refractivity contribution in [3.05, 3.63) is 78.3 Å². The summed E-state index contributed by atoms with van der Waals surface area (Å²) in [6.45, 7) is 0.811. The molecule has 0 saturated heterocycles. The third-order valence-electron chi connectivity index (χ3n) is 3.76. The number of amides is 1. The average molecular weight is 336 g/mol. The van der Waals surface area contributed by atoms with Gasteiger partial charge in [-0.05, 0) is 60.5 Å². The number of anilines is 2. The molecular formula is C20H20N2O3. The van der Waals surface area contributed by atoms with Crippen LogP contribution in [-0.4, -0.2) is 19.6 Å². The second-order valence-corrected chi connectivity index (χ2v) is 5.54. The van der Waals surface area contributed by atoms with Gasteiger partial charge < -0.3 is 19.8 Å². The second kappa shape index (κ2) is 8.06. The molecule has 0 bridgehead atoms. The van der Waals surface area contributed by atoms with Crippen molar-refractivity contribution in [2.45, 2.75) is 6.42 Å². The van der Waals surface area contributed by atoms with Crippen LogP contribution in [0.2, 0.25) is 0 Å². The van der Waals surface area contributed by atoms with Gasteiger partial charge in [0, 0.05) is 17.9 Å². The first-order valence-electron chi connectivity index (χ1n) is 8.06. The number of carbonyl (C=O) groups excluding carboxylic acids is 1. The van der Waals surface area contributed by atoms with Gasteiger partial charge in [0.15, 0.2) is 5.76 Å². The number of hydrogen-bond acceptors (Lipinski definition) is 4. The molecule has 1 amide bonds. The first kappa shape index (κ1) is 16.6. The quantitative estimate of drug-likeness (QED) is 0.679. The Morgan fingerprint density at radius 3 is 2.56 bits per heavy atom. The van der Waals surface area contributed by atoms with E-state index >= 15 is 0 Å². The van der Waals surface area contributed by atoms with Gasteiger partial charge in [0.05, 0.1) is 13.4 Å². The number of hydrogen-bond donors (Lipinski definition) is 2. The Hall–Kier alpha value is -3.21. The topological polar surface area (TPSA) is 63.5 Å². The van der Waals surface area contributed by atoms with Gasteiger partial charge in [0.1, 0.15) is 5.75 Å². The summed E-state index contributed by atoms with van der Waals surface area (Å²) in [6, 6.07) is 18.9. The fourth-order valence-electron chi connectivity index (χ4n) is 2.45. The van der Waals surface area contributed by atoms with Crippen LogP contribution >= 0.6 is 0 Å². The molecule has 128 valence electrons. The summed E-state index contributed by atoms with van der Waals surface area (Å²) in [7, 11) is 1.67. The van der Waals surface area contributed by atoms with Gasteiger partial charge in [0.2, 0.25) is 0 Å². The molecule has 2 aromatic carbocycles. The van der Waals surface area contributed by atoms with Crippen LogP contribution in [0.3, 0.4) is 0 Å². The van der Waals surface area contributed by atoms with Crippen LogP contribution < -0.4 is 15.4 Å². The molecule has 1 heterocycles. The first-order valence-corrected chi connectivity index (χ1v) is 8.06. The molecule has 25 heavy (non-hydrogen) atoms. The van der Waals surface area contributed by atoms with Crippen LogP contribution in [0.1, 0.15) is 16.1 Å². The van der Waals surface area contributed by atoms with Crippen molar-refractivity contribution in [2.24, 2.45) is 0 Å². The maximum atomic E-state index is 11.9. The number of carbonyl (C=O) groups is 1. The highest BCUT2D eigenvalue weighted by atomic mass is 16.5. The molecular weight excluding hydrogens is 316 g/mol. The molecule has 0 aliphatic heterocycles. The number of ether oxygens (including phenoxy) is 1. The zero-order valence-electron chi connectivity index (χ0n) is 14.0. The molecule has 0 radical (unpaired) electrons. The number of benzene rings is 2. The monoisotopic (exact) mass is 336 g/mol. The third kappa shape index (κ3) is 4.64. The molecule has 0 atom stereocenters. The molecule has 0 aliphatic rings. The van der Waals surface area contributed by atoms with Crippen molar-refractivity contribution in [1.82, 2.24) is 0 Å². The molecule has 0 saturated carbocycles. The van der Waals surface area contributed by atoms with Gasteiger partial charge in [-0.3, -0.25) is 4.79 Å². The highest BCUT2D eigenvalue weighted by Crippen LogP contribution is 2.16. The van der Waals surface area contributed by atoms with Gasteiger partial charge in [-0.1, -0.05) is 12.1 Å². The van der Waals surface area contributed by atoms with E-state index in [4.69, 9.17) is 9.15 Å². The van der Waals surface area contributed by atoms with Crippen LogP contribution in [0.25, 0.3) is 0 Å². The lowest BCUT2D eigenvalue weighted by Gasteiger charge is -2.09. The van der Waals surface area contributed by atoms with Crippen molar-refractivity contribution in [3.8, 4) is 5.75 Å². The average Bonchev–Trinajstić information content (AvgIpc) is 3.18. The zero-order chi connectivity index (χ0) is 17.5. The van der Waals surface area contributed by atoms with Crippen molar-refractivity contribution < 1.29 is 13.9 Å². The van der Waals surface area contributed by atoms with Gasteiger partial charge in [-0.15, -0.1) is 0 Å². The molecule has 0 fully saturated rings. The van der Waals surface area contributed by atoms with Crippen molar-refractivity contribution in [2.75, 3.05) is 24.3 Å². The first-order chi connectivity index (χ1) is 12.2. The Morgan fingerprint density at radius 1 is 1.04 bits per heavy atom. The van der Waals surface area contributed by atoms with E-state index in [1.165, 1.54) is 11.8 Å². The minimum atomic E-state index is -0.260. The Labute approximate surface area is 146 Å². The predicted octanol–water partition coefficient (Wildman–Crippen LogP) is 4.20. The molecule has 1 aromatic heterocycles. The van der Waals surface area contributed by atoms with Gasteiger partial charge in [-0.25, -0.2) is 0 Å². The highest BCUT2D eigenvalue weighted by Gasteiger charge is 2.08. The smallest absolute Gasteiger partial charge is 0.291 e. The van der Waals surface area contributed by atoms with E-state index in [1.807, 2.05) is 42.5 Å². The summed E-state index contributed by atoms with van der Waals surface area (Å²) >= 11 is 0. The summed E-state index contributed by atoms with van der Waals surface area (Å²) in [5.74, 6) is 0.901. The van der Waals surface area contributed by atoms with E-state index in [2.05, 4.69) is 16.7 Å². The van der Waals surface area contributed by atoms with Crippen molar-refractivity contribution in [1.29, 1.82) is 0 Å². The van der Waals surface area contributed by atoms with Crippen LogP contribution in [-0.2, 0) is 6.42 Å². The fourth-order valence-corrected chi connectivity index (χ4v) is 2.45. The van der Waals surface area contributed by atoms with Crippen molar-refractivity contribution in [3.63, 3.8) is 0 Å². The Kier molecular flexibility index (Phi) is 5.36. The van der Waals surface area contributed by atoms with Gasteiger partial charge in [0.25, 0.3) is 5.91 Å². The Balaban J connectivity index is 1.49. The molecule has 0 unspecified atom stereocenters. The van der Waals surface area contributed by atoms with E-state index in [1.54, 1.807) is 19.2 Å². The molecule has 5 heteroatoms. The zero-order valence-corrected chi connectivity index (χ0v) is 14.0. The maximum Gasteiger partial charge on any atom is 0.291 e. The minimum Gasteiger partial charge on any atom is -0.497 e. The summed E-state index contributed by atoms with van der Waals surface area (Å²) in [5, 5.41) is 6.16. The number of nitrogens with one attached hydrogen (secondary N) is 2. The normalized spacial score (nSPS) is 10.3. The number of rotatable bonds is 7.